The average molecular weight is 392 g/mol. The van der Waals surface area contributed by atoms with Crippen LogP contribution in [-0.2, 0) is 37.5 Å². The van der Waals surface area contributed by atoms with Gasteiger partial charge in [-0.25, -0.2) is 0 Å². The Bertz CT molecular complexity index is 515. The molecule has 0 aromatic carbocycles. The Labute approximate surface area is 154 Å². The molecule has 0 aromatic rings. The summed E-state index contributed by atoms with van der Waals surface area (Å²) >= 11 is 0. The second-order valence-corrected chi connectivity index (χ2v) is 7.26. The van der Waals surface area contributed by atoms with Crippen molar-refractivity contribution in [3.8, 4) is 0 Å². The lowest BCUT2D eigenvalue weighted by Gasteiger charge is -2.29. The maximum atomic E-state index is 12.7. The van der Waals surface area contributed by atoms with Gasteiger partial charge >= 0.3 is 19.5 Å². The van der Waals surface area contributed by atoms with E-state index in [4.69, 9.17) is 18.5 Å². The maximum Gasteiger partial charge on any atom is 0.396 e. The fourth-order valence-corrected chi connectivity index (χ4v) is 3.79. The minimum atomic E-state index is -4.14. The number of carbonyl (C=O) groups excluding carboxylic acids is 3. The standard InChI is InChI=1S/C17H29O8P/c1-6-11-12-17(15(19)22-7-2,16(20)23-8-3)13-14(18)26(21,24-9-4)25-10-5/h6H,1,7-13H2,2-5H3. The Morgan fingerprint density at radius 3 is 1.73 bits per heavy atom. The van der Waals surface area contributed by atoms with E-state index < -0.39 is 36.9 Å². The number of hydrogen-bond donors (Lipinski definition) is 0. The van der Waals surface area contributed by atoms with Crippen LogP contribution in [0.4, 0.5) is 0 Å². The molecule has 0 atom stereocenters. The van der Waals surface area contributed by atoms with Gasteiger partial charge in [-0.2, -0.15) is 0 Å². The van der Waals surface area contributed by atoms with E-state index in [0.29, 0.717) is 0 Å². The van der Waals surface area contributed by atoms with Crippen molar-refractivity contribution >= 4 is 25.1 Å². The molecule has 8 nitrogen and oxygen atoms in total. The zero-order valence-electron chi connectivity index (χ0n) is 15.9. The van der Waals surface area contributed by atoms with Crippen molar-refractivity contribution in [1.82, 2.24) is 0 Å². The quantitative estimate of drug-likeness (QED) is 0.192. The third-order valence-corrected chi connectivity index (χ3v) is 5.43. The van der Waals surface area contributed by atoms with Crippen LogP contribution in [0, 0.1) is 5.41 Å². The number of esters is 2. The Morgan fingerprint density at radius 2 is 1.38 bits per heavy atom. The first-order chi connectivity index (χ1) is 12.3. The molecular weight excluding hydrogens is 363 g/mol. The molecule has 0 aliphatic rings. The zero-order chi connectivity index (χ0) is 20.2. The molecule has 0 fully saturated rings. The number of carbonyl (C=O) groups is 3. The summed E-state index contributed by atoms with van der Waals surface area (Å²) in [5, 5.41) is 0. The van der Waals surface area contributed by atoms with Gasteiger partial charge in [-0.1, -0.05) is 6.08 Å². The minimum Gasteiger partial charge on any atom is -0.465 e. The van der Waals surface area contributed by atoms with Crippen LogP contribution in [0.1, 0.15) is 47.0 Å². The molecule has 0 rings (SSSR count). The molecule has 26 heavy (non-hydrogen) atoms. The third-order valence-electron chi connectivity index (χ3n) is 3.46. The van der Waals surface area contributed by atoms with Crippen LogP contribution >= 0.6 is 7.60 Å². The predicted molar refractivity (Wildman–Crippen MR) is 95.6 cm³/mol. The van der Waals surface area contributed by atoms with Crippen LogP contribution in [0.3, 0.4) is 0 Å². The molecule has 0 saturated heterocycles. The molecule has 0 radical (unpaired) electrons. The second-order valence-electron chi connectivity index (χ2n) is 5.25. The normalized spacial score (nSPS) is 11.7. The monoisotopic (exact) mass is 392 g/mol. The van der Waals surface area contributed by atoms with E-state index in [9.17, 15) is 18.9 Å². The molecule has 9 heteroatoms. The van der Waals surface area contributed by atoms with Gasteiger partial charge in [-0.05, 0) is 40.5 Å². The van der Waals surface area contributed by atoms with Gasteiger partial charge < -0.3 is 18.5 Å². The Hall–Kier alpha value is -1.50. The van der Waals surface area contributed by atoms with Crippen LogP contribution in [-0.4, -0.2) is 43.9 Å². The minimum absolute atomic E-state index is 0.0108. The van der Waals surface area contributed by atoms with Crippen molar-refractivity contribution in [2.45, 2.75) is 47.0 Å². The van der Waals surface area contributed by atoms with Gasteiger partial charge in [0.25, 0.3) is 0 Å². The van der Waals surface area contributed by atoms with Crippen LogP contribution < -0.4 is 0 Å². The lowest BCUT2D eigenvalue weighted by molar-refractivity contribution is -0.174. The van der Waals surface area contributed by atoms with Gasteiger partial charge in [0, 0.05) is 6.42 Å². The van der Waals surface area contributed by atoms with Crippen LogP contribution in [0.2, 0.25) is 0 Å². The zero-order valence-corrected chi connectivity index (χ0v) is 16.8. The second kappa shape index (κ2) is 12.0. The number of allylic oxidation sites excluding steroid dienone is 1. The molecule has 0 N–H and O–H groups in total. The Morgan fingerprint density at radius 1 is 0.923 bits per heavy atom. The fraction of sp³-hybridized carbons (Fsp3) is 0.706. The van der Waals surface area contributed by atoms with Crippen molar-refractivity contribution in [2.24, 2.45) is 5.41 Å². The number of hydrogen-bond acceptors (Lipinski definition) is 8. The summed E-state index contributed by atoms with van der Waals surface area (Å²) in [5.41, 5.74) is -2.90. The molecule has 0 bridgehead atoms. The number of ether oxygens (including phenoxy) is 2. The summed E-state index contributed by atoms with van der Waals surface area (Å²) in [6, 6.07) is 0. The van der Waals surface area contributed by atoms with E-state index in [0.717, 1.165) is 0 Å². The molecule has 150 valence electrons. The topological polar surface area (TPSA) is 105 Å². The highest BCUT2D eigenvalue weighted by Crippen LogP contribution is 2.52. The largest absolute Gasteiger partial charge is 0.465 e. The first-order valence-corrected chi connectivity index (χ1v) is 10.2. The van der Waals surface area contributed by atoms with E-state index in [1.807, 2.05) is 0 Å². The van der Waals surface area contributed by atoms with Crippen LogP contribution in [0.15, 0.2) is 12.7 Å². The van der Waals surface area contributed by atoms with Crippen molar-refractivity contribution in [3.63, 3.8) is 0 Å². The number of rotatable bonds is 14. The first kappa shape index (κ1) is 24.5. The summed E-state index contributed by atoms with van der Waals surface area (Å²) in [6.07, 6.45) is 0.981. The smallest absolute Gasteiger partial charge is 0.396 e. The lowest BCUT2D eigenvalue weighted by Crippen LogP contribution is -2.44. The Balaban J connectivity index is 5.97. The molecule has 0 spiro atoms. The van der Waals surface area contributed by atoms with Gasteiger partial charge in [-0.15, -0.1) is 6.58 Å². The molecule has 0 aliphatic carbocycles. The average Bonchev–Trinajstić information content (AvgIpc) is 2.59. The Kier molecular flexibility index (Phi) is 11.3. The van der Waals surface area contributed by atoms with Gasteiger partial charge in [-0.3, -0.25) is 18.9 Å². The molecule has 0 amide bonds. The van der Waals surface area contributed by atoms with E-state index in [1.54, 1.807) is 27.7 Å². The van der Waals surface area contributed by atoms with E-state index in [-0.39, 0.29) is 39.3 Å². The molecule has 0 unspecified atom stereocenters. The van der Waals surface area contributed by atoms with Gasteiger partial charge in [0.15, 0.2) is 5.41 Å². The van der Waals surface area contributed by atoms with Crippen LogP contribution in [0.5, 0.6) is 0 Å². The van der Waals surface area contributed by atoms with Crippen molar-refractivity contribution in [2.75, 3.05) is 26.4 Å². The van der Waals surface area contributed by atoms with Gasteiger partial charge in [0.05, 0.1) is 26.4 Å². The highest BCUT2D eigenvalue weighted by Gasteiger charge is 2.53. The van der Waals surface area contributed by atoms with Crippen molar-refractivity contribution in [1.29, 1.82) is 0 Å². The molecular formula is C17H29O8P. The summed E-state index contributed by atoms with van der Waals surface area (Å²) < 4.78 is 32.8. The van der Waals surface area contributed by atoms with E-state index in [2.05, 4.69) is 6.58 Å². The van der Waals surface area contributed by atoms with E-state index >= 15 is 0 Å². The van der Waals surface area contributed by atoms with Crippen LogP contribution in [0.25, 0.3) is 0 Å². The third kappa shape index (κ3) is 6.34. The molecule has 0 aromatic heterocycles. The first-order valence-electron chi connectivity index (χ1n) is 8.65. The summed E-state index contributed by atoms with van der Waals surface area (Å²) in [5.74, 6) is -1.82. The molecule has 0 saturated carbocycles. The molecule has 0 aliphatic heterocycles. The maximum absolute atomic E-state index is 12.7. The van der Waals surface area contributed by atoms with Gasteiger partial charge in [0.1, 0.15) is 0 Å². The predicted octanol–water partition coefficient (Wildman–Crippen LogP) is 3.25. The highest BCUT2D eigenvalue weighted by atomic mass is 31.2. The lowest BCUT2D eigenvalue weighted by atomic mass is 9.80. The molecule has 0 heterocycles. The van der Waals surface area contributed by atoms with Crippen molar-refractivity contribution < 1.29 is 37.5 Å². The summed E-state index contributed by atoms with van der Waals surface area (Å²) in [4.78, 5) is 37.9. The van der Waals surface area contributed by atoms with Crippen molar-refractivity contribution in [3.05, 3.63) is 12.7 Å². The fourth-order valence-electron chi connectivity index (χ4n) is 2.28. The summed E-state index contributed by atoms with van der Waals surface area (Å²) in [6.45, 7) is 9.80. The summed E-state index contributed by atoms with van der Waals surface area (Å²) in [7, 11) is -4.14. The highest BCUT2D eigenvalue weighted by molar-refractivity contribution is 7.71. The van der Waals surface area contributed by atoms with E-state index in [1.165, 1.54) is 6.08 Å². The van der Waals surface area contributed by atoms with Gasteiger partial charge in [0.2, 0.25) is 5.52 Å². The SMILES string of the molecule is C=CCCC(CC(=O)P(=O)(OCC)OCC)(C(=O)OCC)C(=O)OCC.